The third kappa shape index (κ3) is 1.82. The highest BCUT2D eigenvalue weighted by atomic mass is 16.3. The molecule has 0 spiro atoms. The van der Waals surface area contributed by atoms with Crippen molar-refractivity contribution in [2.24, 2.45) is 5.73 Å². The Bertz CT molecular complexity index is 544. The lowest BCUT2D eigenvalue weighted by Crippen LogP contribution is -2.15. The zero-order chi connectivity index (χ0) is 11.5. The largest absolute Gasteiger partial charge is 0.506 e. The molecule has 0 aliphatic heterocycles. The van der Waals surface area contributed by atoms with E-state index in [4.69, 9.17) is 5.73 Å². The Kier molecular flexibility index (Phi) is 2.74. The van der Waals surface area contributed by atoms with E-state index in [1.165, 1.54) is 6.07 Å². The van der Waals surface area contributed by atoms with Crippen molar-refractivity contribution in [2.45, 2.75) is 6.42 Å². The minimum absolute atomic E-state index is 0.00963. The van der Waals surface area contributed by atoms with E-state index in [9.17, 15) is 9.90 Å². The van der Waals surface area contributed by atoms with Gasteiger partial charge in [0.25, 0.3) is 0 Å². The number of aromatic amines is 1. The fourth-order valence-electron chi connectivity index (χ4n) is 1.42. The number of phenolic OH excluding ortho intramolecular Hbond substituents is 1. The van der Waals surface area contributed by atoms with Crippen LogP contribution in [0.25, 0.3) is 5.69 Å². The van der Waals surface area contributed by atoms with Gasteiger partial charge in [-0.2, -0.15) is 4.68 Å². The second-order valence-electron chi connectivity index (χ2n) is 3.32. The lowest BCUT2D eigenvalue weighted by Gasteiger charge is -2.01. The van der Waals surface area contributed by atoms with Gasteiger partial charge in [0, 0.05) is 6.42 Å². The van der Waals surface area contributed by atoms with Gasteiger partial charge in [-0.05, 0) is 18.7 Å². The van der Waals surface area contributed by atoms with Crippen LogP contribution in [0, 0.1) is 0 Å². The Labute approximate surface area is 91.3 Å². The monoisotopic (exact) mass is 220 g/mol. The van der Waals surface area contributed by atoms with Crippen LogP contribution in [0.3, 0.4) is 0 Å². The number of nitrogens with two attached hydrogens (primary N) is 1. The maximum atomic E-state index is 11.6. The second-order valence-corrected chi connectivity index (χ2v) is 3.32. The van der Waals surface area contributed by atoms with E-state index in [1.807, 2.05) is 0 Å². The summed E-state index contributed by atoms with van der Waals surface area (Å²) >= 11 is 0. The quantitative estimate of drug-likeness (QED) is 0.665. The number of hydrogen-bond donors (Lipinski definition) is 3. The Morgan fingerprint density at radius 1 is 1.44 bits per heavy atom. The maximum Gasteiger partial charge on any atom is 0.348 e. The Morgan fingerprint density at radius 3 is 2.88 bits per heavy atom. The molecule has 1 aromatic heterocycles. The first-order chi connectivity index (χ1) is 7.72. The van der Waals surface area contributed by atoms with Gasteiger partial charge < -0.3 is 10.8 Å². The molecule has 0 aliphatic rings. The van der Waals surface area contributed by atoms with Crippen LogP contribution in [-0.4, -0.2) is 26.4 Å². The van der Waals surface area contributed by atoms with Crippen molar-refractivity contribution in [1.29, 1.82) is 0 Å². The van der Waals surface area contributed by atoms with Crippen molar-refractivity contribution in [3.8, 4) is 11.4 Å². The number of aromatic hydroxyl groups is 1. The normalized spacial score (nSPS) is 10.6. The third-order valence-corrected chi connectivity index (χ3v) is 2.16. The van der Waals surface area contributed by atoms with Gasteiger partial charge in [-0.3, -0.25) is 4.98 Å². The number of H-pyrrole nitrogens is 1. The first kappa shape index (κ1) is 10.4. The molecule has 6 nitrogen and oxygen atoms in total. The van der Waals surface area contributed by atoms with E-state index < -0.39 is 0 Å². The molecule has 2 rings (SSSR count). The van der Waals surface area contributed by atoms with Crippen molar-refractivity contribution in [2.75, 3.05) is 6.54 Å². The van der Waals surface area contributed by atoms with Gasteiger partial charge in [-0.15, -0.1) is 5.10 Å². The zero-order valence-corrected chi connectivity index (χ0v) is 8.55. The van der Waals surface area contributed by atoms with E-state index in [0.29, 0.717) is 24.5 Å². The molecule has 0 bridgehead atoms. The van der Waals surface area contributed by atoms with Crippen molar-refractivity contribution in [3.05, 3.63) is 40.6 Å². The first-order valence-electron chi connectivity index (χ1n) is 4.89. The molecular weight excluding hydrogens is 208 g/mol. The molecule has 0 aliphatic carbocycles. The minimum atomic E-state index is -0.384. The Balaban J connectivity index is 2.48. The van der Waals surface area contributed by atoms with Gasteiger partial charge in [0.1, 0.15) is 17.3 Å². The van der Waals surface area contributed by atoms with Gasteiger partial charge in [0.05, 0.1) is 0 Å². The molecule has 1 heterocycles. The second kappa shape index (κ2) is 4.19. The van der Waals surface area contributed by atoms with Crippen molar-refractivity contribution < 1.29 is 5.11 Å². The number of benzene rings is 1. The molecule has 4 N–H and O–H groups in total. The van der Waals surface area contributed by atoms with E-state index in [1.54, 1.807) is 18.2 Å². The van der Waals surface area contributed by atoms with Crippen LogP contribution in [0.4, 0.5) is 0 Å². The number of nitrogens with zero attached hydrogens (tertiary/aromatic N) is 2. The third-order valence-electron chi connectivity index (χ3n) is 2.16. The lowest BCUT2D eigenvalue weighted by atomic mass is 10.3. The van der Waals surface area contributed by atoms with Gasteiger partial charge in [0.2, 0.25) is 0 Å². The Morgan fingerprint density at radius 2 is 2.19 bits per heavy atom. The number of nitrogens with one attached hydrogen (secondary N) is 1. The van der Waals surface area contributed by atoms with Crippen LogP contribution < -0.4 is 11.4 Å². The van der Waals surface area contributed by atoms with E-state index in [0.717, 1.165) is 4.68 Å². The predicted octanol–water partition coefficient (Wildman–Crippen LogP) is -0.233. The topological polar surface area (TPSA) is 96.9 Å². The van der Waals surface area contributed by atoms with Gasteiger partial charge >= 0.3 is 5.69 Å². The number of aromatic nitrogens is 3. The summed E-state index contributed by atoms with van der Waals surface area (Å²) in [5.41, 5.74) is 5.34. The lowest BCUT2D eigenvalue weighted by molar-refractivity contribution is 0.469. The summed E-state index contributed by atoms with van der Waals surface area (Å²) in [5.74, 6) is 0.520. The van der Waals surface area contributed by atoms with E-state index in [-0.39, 0.29) is 11.4 Å². The molecule has 2 aromatic rings. The fraction of sp³-hybridized carbons (Fsp3) is 0.200. The summed E-state index contributed by atoms with van der Waals surface area (Å²) in [6.45, 7) is 0.410. The number of hydrogen-bond acceptors (Lipinski definition) is 4. The molecule has 0 radical (unpaired) electrons. The summed E-state index contributed by atoms with van der Waals surface area (Å²) in [4.78, 5) is 14.1. The fourth-order valence-corrected chi connectivity index (χ4v) is 1.42. The predicted molar refractivity (Wildman–Crippen MR) is 58.6 cm³/mol. The molecule has 84 valence electrons. The zero-order valence-electron chi connectivity index (χ0n) is 8.55. The molecule has 6 heteroatoms. The molecule has 0 atom stereocenters. The van der Waals surface area contributed by atoms with Crippen LogP contribution in [0.15, 0.2) is 29.1 Å². The highest BCUT2D eigenvalue weighted by Gasteiger charge is 2.09. The standard InChI is InChI=1S/C10H12N4O2/c11-6-5-9-12-10(16)14(13-9)7-3-1-2-4-8(7)15/h1-4,15H,5-6,11H2,(H,12,13,16). The van der Waals surface area contributed by atoms with Crippen LogP contribution in [0.5, 0.6) is 5.75 Å². The smallest absolute Gasteiger partial charge is 0.348 e. The molecule has 0 amide bonds. The molecule has 1 aromatic carbocycles. The number of phenols is 1. The van der Waals surface area contributed by atoms with Crippen molar-refractivity contribution in [3.63, 3.8) is 0 Å². The maximum absolute atomic E-state index is 11.6. The molecule has 0 saturated carbocycles. The molecule has 0 unspecified atom stereocenters. The number of rotatable bonds is 3. The SMILES string of the molecule is NCCc1nn(-c2ccccc2O)c(=O)[nH]1. The van der Waals surface area contributed by atoms with Crippen LogP contribution >= 0.6 is 0 Å². The molecule has 16 heavy (non-hydrogen) atoms. The average molecular weight is 220 g/mol. The van der Waals surface area contributed by atoms with Gasteiger partial charge in [-0.1, -0.05) is 12.1 Å². The van der Waals surface area contributed by atoms with Crippen LogP contribution in [-0.2, 0) is 6.42 Å². The molecule has 0 fully saturated rings. The summed E-state index contributed by atoms with van der Waals surface area (Å²) in [5, 5.41) is 13.6. The van der Waals surface area contributed by atoms with Crippen LogP contribution in [0.2, 0.25) is 0 Å². The summed E-state index contributed by atoms with van der Waals surface area (Å²) in [6.07, 6.45) is 0.496. The van der Waals surface area contributed by atoms with Gasteiger partial charge in [-0.25, -0.2) is 4.79 Å². The Hall–Kier alpha value is -2.08. The molecule has 0 saturated heterocycles. The van der Waals surface area contributed by atoms with E-state index >= 15 is 0 Å². The van der Waals surface area contributed by atoms with Crippen LogP contribution in [0.1, 0.15) is 5.82 Å². The first-order valence-corrected chi connectivity index (χ1v) is 4.89. The summed E-state index contributed by atoms with van der Waals surface area (Å²) < 4.78 is 1.13. The van der Waals surface area contributed by atoms with Gasteiger partial charge in [0.15, 0.2) is 0 Å². The summed E-state index contributed by atoms with van der Waals surface area (Å²) in [7, 11) is 0. The van der Waals surface area contributed by atoms with E-state index in [2.05, 4.69) is 10.1 Å². The van der Waals surface area contributed by atoms with Crippen molar-refractivity contribution >= 4 is 0 Å². The minimum Gasteiger partial charge on any atom is -0.506 e. The highest BCUT2D eigenvalue weighted by Crippen LogP contribution is 2.17. The number of para-hydroxylation sites is 2. The average Bonchev–Trinajstić information content (AvgIpc) is 2.61. The molecular formula is C10H12N4O2. The summed E-state index contributed by atoms with van der Waals surface area (Å²) in [6, 6.07) is 6.51. The highest BCUT2D eigenvalue weighted by molar-refractivity contribution is 5.44. The van der Waals surface area contributed by atoms with Crippen molar-refractivity contribution in [1.82, 2.24) is 14.8 Å².